The Balaban J connectivity index is 0.000000184. The number of Topliss-reactive ketones (excluding diaryl/α,β-unsaturated/α-hetero) is 2. The van der Waals surface area contributed by atoms with Crippen molar-refractivity contribution in [3.05, 3.63) is 216 Å². The molecule has 2 aliphatic rings. The molecular weight excluding hydrogens is 1010 g/mol. The predicted molar refractivity (Wildman–Crippen MR) is 285 cm³/mol. The average molecular weight is 1060 g/mol. The molecule has 2 aliphatic heterocycles. The summed E-state index contributed by atoms with van der Waals surface area (Å²) < 4.78 is 1.50. The van der Waals surface area contributed by atoms with Crippen LogP contribution < -0.4 is 10.6 Å². The number of thiophene rings is 1. The summed E-state index contributed by atoms with van der Waals surface area (Å²) in [6.07, 6.45) is 9.05. The lowest BCUT2D eigenvalue weighted by Crippen LogP contribution is -2.45. The summed E-state index contributed by atoms with van der Waals surface area (Å²) in [7, 11) is 1.69. The molecule has 378 valence electrons. The van der Waals surface area contributed by atoms with Crippen LogP contribution in [0.15, 0.2) is 139 Å². The Morgan fingerprint density at radius 2 is 1.12 bits per heavy atom. The van der Waals surface area contributed by atoms with E-state index < -0.39 is 18.0 Å². The number of pyridine rings is 4. The van der Waals surface area contributed by atoms with Gasteiger partial charge < -0.3 is 20.4 Å². The summed E-state index contributed by atoms with van der Waals surface area (Å²) in [6, 6.07) is 28.7. The maximum Gasteiger partial charge on any atom is 0.273 e. The molecule has 8 aromatic rings. The second-order valence-corrected chi connectivity index (χ2v) is 19.9. The number of rotatable bonds is 12. The first-order valence-electron chi connectivity index (χ1n) is 23.8. The monoisotopic (exact) mass is 1060 g/mol. The van der Waals surface area contributed by atoms with Gasteiger partial charge in [0, 0.05) is 87.6 Å². The molecule has 10 rings (SSSR count). The topological polar surface area (TPSA) is 202 Å². The molecular formula is C56H48Cl2N10O6S. The second-order valence-electron chi connectivity index (χ2n) is 18.1. The number of halogens is 2. The maximum absolute atomic E-state index is 13.7. The minimum Gasteiger partial charge on any atom is -0.323 e. The molecule has 0 spiro atoms. The van der Waals surface area contributed by atoms with Crippen molar-refractivity contribution in [2.75, 3.05) is 10.6 Å². The third-order valence-electron chi connectivity index (χ3n) is 12.7. The highest BCUT2D eigenvalue weighted by atomic mass is 35.5. The quantitative estimate of drug-likeness (QED) is 0.118. The van der Waals surface area contributed by atoms with Crippen LogP contribution in [0.4, 0.5) is 11.6 Å². The smallest absolute Gasteiger partial charge is 0.273 e. The van der Waals surface area contributed by atoms with Crippen LogP contribution >= 0.6 is 34.5 Å². The Kier molecular flexibility index (Phi) is 15.8. The van der Waals surface area contributed by atoms with E-state index in [2.05, 4.69) is 35.7 Å². The number of benzene rings is 2. The number of aromatic nitrogens is 6. The minimum absolute atomic E-state index is 0.0381. The van der Waals surface area contributed by atoms with Crippen LogP contribution in [-0.2, 0) is 55.4 Å². The number of fused-ring (bicyclic) bond motifs is 2. The lowest BCUT2D eigenvalue weighted by molar-refractivity contribution is -0.123. The number of nitrogens with zero attached hydrogens (tertiary/aromatic N) is 8. The van der Waals surface area contributed by atoms with Crippen molar-refractivity contribution in [1.29, 1.82) is 0 Å². The van der Waals surface area contributed by atoms with Crippen molar-refractivity contribution in [3.63, 3.8) is 0 Å². The molecule has 16 nitrogen and oxygen atoms in total. The molecule has 0 unspecified atom stereocenters. The summed E-state index contributed by atoms with van der Waals surface area (Å²) >= 11 is 14.4. The first kappa shape index (κ1) is 51.6. The van der Waals surface area contributed by atoms with Gasteiger partial charge in [-0.15, -0.1) is 11.3 Å². The van der Waals surface area contributed by atoms with Gasteiger partial charge in [0.1, 0.15) is 17.3 Å². The molecule has 75 heavy (non-hydrogen) atoms. The van der Waals surface area contributed by atoms with Crippen molar-refractivity contribution in [1.82, 2.24) is 39.5 Å². The van der Waals surface area contributed by atoms with E-state index in [-0.39, 0.29) is 82.8 Å². The van der Waals surface area contributed by atoms with E-state index in [0.717, 1.165) is 22.4 Å². The van der Waals surface area contributed by atoms with E-state index in [1.54, 1.807) is 102 Å². The number of nitrogens with one attached hydrogen (secondary N) is 2. The summed E-state index contributed by atoms with van der Waals surface area (Å²) in [5, 5.41) is 12.0. The van der Waals surface area contributed by atoms with E-state index >= 15 is 0 Å². The van der Waals surface area contributed by atoms with Crippen molar-refractivity contribution in [3.8, 4) is 0 Å². The number of amides is 4. The zero-order valence-corrected chi connectivity index (χ0v) is 43.2. The number of carbonyl (C=O) groups is 6. The van der Waals surface area contributed by atoms with Gasteiger partial charge in [-0.2, -0.15) is 5.10 Å². The fraction of sp³-hybridized carbons (Fsp3) is 0.196. The number of ketones is 2. The normalized spacial score (nSPS) is 15.3. The zero-order valence-electron chi connectivity index (χ0n) is 40.9. The van der Waals surface area contributed by atoms with Gasteiger partial charge in [-0.3, -0.25) is 43.4 Å². The third-order valence-corrected chi connectivity index (χ3v) is 14.3. The largest absolute Gasteiger partial charge is 0.323 e. The predicted octanol–water partition coefficient (Wildman–Crippen LogP) is 8.93. The molecule has 2 aromatic carbocycles. The molecule has 2 atom stereocenters. The number of anilines is 2. The Bertz CT molecular complexity index is 3480. The van der Waals surface area contributed by atoms with E-state index in [1.807, 2.05) is 67.8 Å². The van der Waals surface area contributed by atoms with Crippen LogP contribution in [0.1, 0.15) is 85.6 Å². The SMILES string of the molecule is Cc1ccnc(NC(=O)c2ccc(CN3C(=O)c4c(cnn4C)CC(=O)[C@H]3Cc3ccccn3)cc2Cl)c1.Cc1ccnc(NC(=O)c2ccc(CN3C(=O)c4sccc4CC(=O)[C@H]3Cc3ccccn3)cc2Cl)c1. The molecule has 0 fully saturated rings. The highest BCUT2D eigenvalue weighted by molar-refractivity contribution is 7.12. The van der Waals surface area contributed by atoms with Gasteiger partial charge in [0.15, 0.2) is 11.6 Å². The van der Waals surface area contributed by atoms with Crippen LogP contribution in [0, 0.1) is 13.8 Å². The second kappa shape index (κ2) is 22.9. The Morgan fingerprint density at radius 3 is 1.60 bits per heavy atom. The van der Waals surface area contributed by atoms with Crippen molar-refractivity contribution in [2.24, 2.45) is 7.05 Å². The molecule has 0 aliphatic carbocycles. The maximum atomic E-state index is 13.7. The van der Waals surface area contributed by atoms with Crippen molar-refractivity contribution in [2.45, 2.75) is 64.7 Å². The van der Waals surface area contributed by atoms with E-state index in [1.165, 1.54) is 16.0 Å². The molecule has 2 N–H and O–H groups in total. The third kappa shape index (κ3) is 12.1. The fourth-order valence-electron chi connectivity index (χ4n) is 8.96. The standard InChI is InChI=1S/C28H25ClN6O3.C28H23ClN4O3S/c1-17-8-10-31-25(11-17)33-27(37)21-7-6-18(12-22(21)29)16-35-23(14-20-5-3-4-9-30-20)24(36)13-19-15-32-34(2)26(19)28(35)38;1-17-7-10-31-25(12-17)32-27(35)21-6-5-18(13-22(21)29)16-33-23(15-20-4-2-3-9-30-20)24(34)14-19-8-11-37-26(19)28(33)36/h3-12,15,23H,13-14,16H2,1-2H3,(H,31,33,37);2-13,23H,14-16H2,1H3,(H,31,32,35)/t2*23-/m11/s1. The van der Waals surface area contributed by atoms with Gasteiger partial charge in [-0.25, -0.2) is 9.97 Å². The number of carbonyl (C=O) groups excluding carboxylic acids is 6. The Morgan fingerprint density at radius 1 is 0.613 bits per heavy atom. The van der Waals surface area contributed by atoms with Crippen LogP contribution in [0.25, 0.3) is 0 Å². The summed E-state index contributed by atoms with van der Waals surface area (Å²) in [4.78, 5) is 100. The Hall–Kier alpha value is -8.25. The van der Waals surface area contributed by atoms with Crippen LogP contribution in [0.5, 0.6) is 0 Å². The molecule has 0 bridgehead atoms. The van der Waals surface area contributed by atoms with Gasteiger partial charge in [0.05, 0.1) is 44.3 Å². The summed E-state index contributed by atoms with van der Waals surface area (Å²) in [6.45, 7) is 4.10. The molecule has 19 heteroatoms. The van der Waals surface area contributed by atoms with Crippen molar-refractivity contribution >= 4 is 81.4 Å². The first-order valence-corrected chi connectivity index (χ1v) is 25.4. The van der Waals surface area contributed by atoms with Crippen LogP contribution in [0.2, 0.25) is 10.0 Å². The molecule has 4 amide bonds. The van der Waals surface area contributed by atoms with Gasteiger partial charge in [-0.05, 0) is 126 Å². The highest BCUT2D eigenvalue weighted by Crippen LogP contribution is 2.30. The number of aryl methyl sites for hydroxylation is 3. The van der Waals surface area contributed by atoms with Gasteiger partial charge in [0.25, 0.3) is 23.6 Å². The summed E-state index contributed by atoms with van der Waals surface area (Å²) in [5.74, 6) is -0.542. The first-order chi connectivity index (χ1) is 36.2. The molecule has 0 saturated carbocycles. The van der Waals surface area contributed by atoms with E-state index in [4.69, 9.17) is 23.2 Å². The van der Waals surface area contributed by atoms with E-state index in [9.17, 15) is 28.8 Å². The van der Waals surface area contributed by atoms with Crippen LogP contribution in [0.3, 0.4) is 0 Å². The van der Waals surface area contributed by atoms with Crippen molar-refractivity contribution < 1.29 is 28.8 Å². The lowest BCUT2D eigenvalue weighted by Gasteiger charge is -2.29. The van der Waals surface area contributed by atoms with Gasteiger partial charge >= 0.3 is 0 Å². The Labute approximate surface area is 445 Å². The fourth-order valence-corrected chi connectivity index (χ4v) is 10.4. The average Bonchev–Trinajstić information content (AvgIpc) is 3.97. The van der Waals surface area contributed by atoms with E-state index in [0.29, 0.717) is 51.0 Å². The molecule has 0 saturated heterocycles. The molecule has 6 aromatic heterocycles. The lowest BCUT2D eigenvalue weighted by atomic mass is 10.0. The highest BCUT2D eigenvalue weighted by Gasteiger charge is 2.39. The van der Waals surface area contributed by atoms with Gasteiger partial charge in [0.2, 0.25) is 0 Å². The van der Waals surface area contributed by atoms with Crippen LogP contribution in [-0.4, -0.2) is 86.8 Å². The van der Waals surface area contributed by atoms with Gasteiger partial charge in [-0.1, -0.05) is 47.5 Å². The number of hydrogen-bond acceptors (Lipinski definition) is 12. The molecule has 8 heterocycles. The number of hydrogen-bond donors (Lipinski definition) is 2. The zero-order chi connectivity index (χ0) is 52.8. The minimum atomic E-state index is -0.723. The summed E-state index contributed by atoms with van der Waals surface area (Å²) in [5.41, 5.74) is 7.07. The molecule has 0 radical (unpaired) electrons.